The molecule has 2 aliphatic carbocycles. The van der Waals surface area contributed by atoms with Crippen LogP contribution in [-0.2, 0) is 0 Å². The van der Waals surface area contributed by atoms with Gasteiger partial charge in [0.1, 0.15) is 46.0 Å². The average Bonchev–Trinajstić information content (AvgIpc) is 1.60. The Bertz CT molecular complexity index is 5600. The minimum Gasteiger partial charge on any atom is -0.389 e. The first-order valence-corrected chi connectivity index (χ1v) is 52.5. The van der Waals surface area contributed by atoms with Crippen LogP contribution >= 0.6 is 45.3 Å². The van der Waals surface area contributed by atoms with E-state index >= 15 is 0 Å². The summed E-state index contributed by atoms with van der Waals surface area (Å²) in [5.41, 5.74) is 4.80. The number of amides is 8. The fraction of sp³-hybridized carbons (Fsp3) is 0.612. The van der Waals surface area contributed by atoms with Crippen molar-refractivity contribution in [3.05, 3.63) is 114 Å². The van der Waals surface area contributed by atoms with E-state index < -0.39 is 46.0 Å². The summed E-state index contributed by atoms with van der Waals surface area (Å²) in [6, 6.07) is 9.28. The summed E-state index contributed by atoms with van der Waals surface area (Å²) < 4.78 is 0. The van der Waals surface area contributed by atoms with E-state index in [-0.39, 0.29) is 122 Å². The highest BCUT2D eigenvalue weighted by Crippen LogP contribution is 2.47. The molecule has 6 saturated heterocycles. The number of nitrogens with one attached hydrogen (secondary N) is 8. The number of carbonyl (C=O) groups excluding carboxylic acids is 8. The number of hydrogen-bond acceptors (Lipinski definition) is 28. The van der Waals surface area contributed by atoms with Crippen LogP contribution in [0.5, 0.6) is 0 Å². The van der Waals surface area contributed by atoms with Gasteiger partial charge in [0.25, 0.3) is 47.3 Å². The SMILES string of the molecule is Cc1cc(NC2(C)CCC2)ncc1-c1sc(C(=O)NCC(C)(C)O)nc1C(=O)N1CCC[C@@H]1C.Cc1cc(NCC(C)(C)C)ncc1-c1sc(C(=O)NCC(C)(C)O)nc1C(=O)N1C2CCC1CC2.Cc1cc(NCC(C)(C)C)ncc1-c1sc(C(=O)NCC(C)(C)O)nc1C(=O)N1C2CCC1CC2.Cc1cc(NCC2(C)CCC2)ncc1-c1sc(C(=O)NCC(C)(C)O)nc1C(=O)N1CCC[C@@H]1C. The second-order valence-corrected chi connectivity index (χ2v) is 49.0. The van der Waals surface area contributed by atoms with E-state index in [2.05, 4.69) is 138 Å². The molecule has 2 saturated carbocycles. The van der Waals surface area contributed by atoms with Gasteiger partial charge in [0.15, 0.2) is 20.0 Å². The Morgan fingerprint density at radius 3 is 0.871 bits per heavy atom. The predicted octanol–water partition coefficient (Wildman–Crippen LogP) is 16.7. The number of thiazole rings is 4. The molecule has 8 fully saturated rings. The average molecular weight is 1980 g/mol. The minimum atomic E-state index is -1.04. The molecule has 36 heteroatoms. The minimum absolute atomic E-state index is 0.0875. The number of likely N-dealkylation sites (tertiary alicyclic amines) is 2. The Labute approximate surface area is 834 Å². The lowest BCUT2D eigenvalue weighted by molar-refractivity contribution is 0.0691. The quantitative estimate of drug-likeness (QED) is 0.0207. The Balaban J connectivity index is 0.000000156. The van der Waals surface area contributed by atoms with Crippen LogP contribution in [0, 0.1) is 43.9 Å². The summed E-state index contributed by atoms with van der Waals surface area (Å²) >= 11 is 4.81. The van der Waals surface area contributed by atoms with Crippen LogP contribution in [0.15, 0.2) is 49.1 Å². The third-order valence-electron chi connectivity index (χ3n) is 27.0. The first-order valence-electron chi connectivity index (χ1n) is 49.3. The van der Waals surface area contributed by atoms with Crippen molar-refractivity contribution in [2.45, 2.75) is 332 Å². The van der Waals surface area contributed by atoms with Crippen LogP contribution in [0.25, 0.3) is 41.8 Å². The first kappa shape index (κ1) is 106. The smallest absolute Gasteiger partial charge is 0.280 e. The molecular weight excluding hydrogens is 1840 g/mol. The maximum absolute atomic E-state index is 13.7. The molecule has 754 valence electrons. The van der Waals surface area contributed by atoms with Gasteiger partial charge in [-0.2, -0.15) is 0 Å². The van der Waals surface area contributed by atoms with E-state index in [1.165, 1.54) is 71.0 Å². The van der Waals surface area contributed by atoms with Gasteiger partial charge in [0.05, 0.1) is 41.9 Å². The highest BCUT2D eigenvalue weighted by atomic mass is 32.1. The second-order valence-electron chi connectivity index (χ2n) is 45.0. The van der Waals surface area contributed by atoms with Crippen LogP contribution in [0.2, 0.25) is 0 Å². The van der Waals surface area contributed by atoms with Gasteiger partial charge < -0.3 is 82.6 Å². The maximum atomic E-state index is 13.7. The number of aliphatic hydroxyl groups is 4. The van der Waals surface area contributed by atoms with Gasteiger partial charge in [0, 0.05) is 148 Å². The number of aromatic nitrogens is 8. The molecular formula is C103H146N20O12S4. The molecule has 0 aromatic carbocycles. The molecule has 8 aromatic heterocycles. The van der Waals surface area contributed by atoms with Crippen molar-refractivity contribution in [1.29, 1.82) is 0 Å². The van der Waals surface area contributed by atoms with Crippen molar-refractivity contribution >= 4 is 116 Å². The third kappa shape index (κ3) is 27.2. The van der Waals surface area contributed by atoms with Crippen molar-refractivity contribution in [3.8, 4) is 41.8 Å². The molecule has 8 aliphatic rings. The van der Waals surface area contributed by atoms with Crippen molar-refractivity contribution in [2.24, 2.45) is 16.2 Å². The van der Waals surface area contributed by atoms with E-state index in [1.54, 1.807) is 80.2 Å². The summed E-state index contributed by atoms with van der Waals surface area (Å²) in [5.74, 6) is 1.10. The van der Waals surface area contributed by atoms with E-state index in [0.717, 1.165) is 177 Å². The van der Waals surface area contributed by atoms with Gasteiger partial charge in [-0.3, -0.25) is 38.4 Å². The molecule has 6 aliphatic heterocycles. The van der Waals surface area contributed by atoms with Crippen molar-refractivity contribution in [2.75, 3.05) is 80.2 Å². The monoisotopic (exact) mass is 1980 g/mol. The molecule has 8 amide bonds. The molecule has 14 heterocycles. The number of nitrogens with zero attached hydrogens (tertiary/aromatic N) is 12. The number of pyridine rings is 4. The van der Waals surface area contributed by atoms with Gasteiger partial charge in [-0.25, -0.2) is 39.9 Å². The first-order chi connectivity index (χ1) is 65.1. The van der Waals surface area contributed by atoms with Crippen LogP contribution < -0.4 is 42.5 Å². The zero-order valence-electron chi connectivity index (χ0n) is 85.2. The molecule has 0 spiro atoms. The number of carbonyl (C=O) groups is 8. The van der Waals surface area contributed by atoms with E-state index in [1.807, 2.05) is 85.4 Å². The van der Waals surface area contributed by atoms with Gasteiger partial charge in [-0.15, -0.1) is 45.3 Å². The van der Waals surface area contributed by atoms with Crippen molar-refractivity contribution in [1.82, 2.24) is 80.7 Å². The summed E-state index contributed by atoms with van der Waals surface area (Å²) in [6.45, 7) is 46.7. The highest BCUT2D eigenvalue weighted by Gasteiger charge is 2.47. The summed E-state index contributed by atoms with van der Waals surface area (Å²) in [5, 5.41) is 65.4. The van der Waals surface area contributed by atoms with Crippen LogP contribution in [0.4, 0.5) is 23.3 Å². The standard InChI is InChI=1S/3C26H37N5O3S.C25H35N5O3S/c2*1-15-11-19(28-13-25(2,3)4)27-12-18(15)21-20(24(33)31-16-7-8-17(31)10-9-16)30-23(35-21)22(32)29-14-26(5,6)34;1-16-12-19(28-15-26(5)9-7-10-26)27-13-18(16)21-20(24(33)31-11-6-8-17(31)2)30-23(35-21)22(32)29-14-25(3,4)34;1-15-12-18(29-25(5)9-7-10-25)26-13-17(15)20-19(23(32)30-11-6-8-16(30)2)28-22(34-20)21(31)27-14-24(3,4)33/h2*11-12,16-17,34H,7-10,13-14H2,1-6H3,(H,27,28)(H,29,32);12-13,17,34H,6-11,14-15H2,1-5H3,(H,27,28)(H,29,32);12-13,16,33H,6-11,14H2,1-5H3,(H,26,29)(H,27,31)/t;;17-;16-/m..00/s1. The highest BCUT2D eigenvalue weighted by molar-refractivity contribution is 7.18. The molecule has 16 rings (SSSR count). The zero-order chi connectivity index (χ0) is 101. The Morgan fingerprint density at radius 2 is 0.633 bits per heavy atom. The van der Waals surface area contributed by atoms with E-state index in [4.69, 9.17) is 0 Å². The van der Waals surface area contributed by atoms with Crippen molar-refractivity contribution in [3.63, 3.8) is 0 Å². The molecule has 8 aromatic rings. The maximum Gasteiger partial charge on any atom is 0.280 e. The van der Waals surface area contributed by atoms with Crippen LogP contribution in [0.3, 0.4) is 0 Å². The fourth-order valence-electron chi connectivity index (χ4n) is 18.6. The van der Waals surface area contributed by atoms with Crippen LogP contribution in [0.1, 0.15) is 344 Å². The molecule has 4 bridgehead atoms. The normalized spacial score (nSPS) is 19.6. The topological polar surface area (TPSA) is 430 Å². The summed E-state index contributed by atoms with van der Waals surface area (Å²) in [6.07, 6.45) is 26.4. The fourth-order valence-corrected chi connectivity index (χ4v) is 22.8. The number of rotatable bonds is 29. The zero-order valence-corrected chi connectivity index (χ0v) is 88.5. The van der Waals surface area contributed by atoms with E-state index in [9.17, 15) is 58.8 Å². The Hall–Kier alpha value is -10.1. The molecule has 12 N–H and O–H groups in total. The molecule has 139 heavy (non-hydrogen) atoms. The van der Waals surface area contributed by atoms with Gasteiger partial charge in [-0.05, 0) is 276 Å². The second kappa shape index (κ2) is 43.0. The molecule has 32 nitrogen and oxygen atoms in total. The lowest BCUT2D eigenvalue weighted by atomic mass is 9.70. The lowest BCUT2D eigenvalue weighted by Gasteiger charge is -2.39. The lowest BCUT2D eigenvalue weighted by Crippen LogP contribution is -2.41. The van der Waals surface area contributed by atoms with E-state index in [0.29, 0.717) is 60.8 Å². The third-order valence-corrected chi connectivity index (χ3v) is 31.3. The summed E-state index contributed by atoms with van der Waals surface area (Å²) in [4.78, 5) is 153. The number of fused-ring (bicyclic) bond motifs is 4. The van der Waals surface area contributed by atoms with Gasteiger partial charge >= 0.3 is 0 Å². The molecule has 2 atom stereocenters. The number of aryl methyl sites for hydroxylation is 4. The van der Waals surface area contributed by atoms with Crippen LogP contribution in [-0.4, -0.2) is 250 Å². The van der Waals surface area contributed by atoms with Gasteiger partial charge in [-0.1, -0.05) is 54.9 Å². The number of hydrogen-bond donors (Lipinski definition) is 12. The van der Waals surface area contributed by atoms with Gasteiger partial charge in [0.2, 0.25) is 0 Å². The number of anilines is 4. The molecule has 0 radical (unpaired) electrons. The Morgan fingerprint density at radius 1 is 0.367 bits per heavy atom. The largest absolute Gasteiger partial charge is 0.389 e. The van der Waals surface area contributed by atoms with Crippen molar-refractivity contribution < 1.29 is 58.8 Å². The Kier molecular flexibility index (Phi) is 32.9. The predicted molar refractivity (Wildman–Crippen MR) is 551 cm³/mol. The summed E-state index contributed by atoms with van der Waals surface area (Å²) in [7, 11) is 0. The molecule has 0 unspecified atom stereocenters.